The van der Waals surface area contributed by atoms with Crippen molar-refractivity contribution in [2.45, 2.75) is 32.9 Å². The Morgan fingerprint density at radius 2 is 1.90 bits per heavy atom. The highest BCUT2D eigenvalue weighted by Crippen LogP contribution is 2.16. The van der Waals surface area contributed by atoms with Crippen molar-refractivity contribution in [3.8, 4) is 5.75 Å². The maximum absolute atomic E-state index is 11.6. The number of aliphatic carboxylic acids is 1. The molecule has 0 aliphatic rings. The molecule has 0 saturated heterocycles. The molecule has 1 heterocycles. The number of para-hydroxylation sites is 2. The molecule has 0 amide bonds. The number of rotatable bonds is 12. The number of nitrogens with one attached hydrogen (secondary N) is 1. The number of nitrogens with zero attached hydrogens (tertiary/aromatic N) is 2. The quantitative estimate of drug-likeness (QED) is 0.442. The molecule has 2 N–H and O–H groups in total. The molecule has 1 atom stereocenters. The van der Waals surface area contributed by atoms with Crippen LogP contribution in [0.25, 0.3) is 11.1 Å². The molecule has 160 valence electrons. The van der Waals surface area contributed by atoms with Gasteiger partial charge in [0.2, 0.25) is 5.89 Å². The zero-order valence-electron chi connectivity index (χ0n) is 17.5. The molecule has 0 radical (unpaired) electrons. The summed E-state index contributed by atoms with van der Waals surface area (Å²) >= 11 is 0. The Kier molecular flexibility index (Phi) is 7.82. The van der Waals surface area contributed by atoms with Crippen molar-refractivity contribution in [3.05, 3.63) is 60.0 Å². The maximum atomic E-state index is 11.6. The van der Waals surface area contributed by atoms with Crippen LogP contribution in [0.15, 0.2) is 52.9 Å². The molecule has 1 unspecified atom stereocenters. The SMILES string of the molecule is CCN(CC)C(Cc1ccc(OCCNCc2nc3ccccc3o2)cc1)C(=O)O. The van der Waals surface area contributed by atoms with E-state index in [1.165, 1.54) is 0 Å². The van der Waals surface area contributed by atoms with Gasteiger partial charge in [0.05, 0.1) is 6.54 Å². The standard InChI is InChI=1S/C23H29N3O4/c1-3-26(4-2)20(23(27)28)15-17-9-11-18(12-10-17)29-14-13-24-16-22-25-19-7-5-6-8-21(19)30-22/h5-12,20,24H,3-4,13-16H2,1-2H3,(H,27,28). The van der Waals surface area contributed by atoms with Crippen molar-refractivity contribution in [1.29, 1.82) is 0 Å². The number of benzene rings is 2. The first kappa shape index (κ1) is 21.8. The summed E-state index contributed by atoms with van der Waals surface area (Å²) in [5.41, 5.74) is 2.63. The normalized spacial score (nSPS) is 12.4. The fourth-order valence-corrected chi connectivity index (χ4v) is 3.41. The molecule has 0 spiro atoms. The molecular formula is C23H29N3O4. The third kappa shape index (κ3) is 5.81. The highest BCUT2D eigenvalue weighted by atomic mass is 16.5. The van der Waals surface area contributed by atoms with Crippen LogP contribution in [0.3, 0.4) is 0 Å². The number of fused-ring (bicyclic) bond motifs is 1. The monoisotopic (exact) mass is 411 g/mol. The van der Waals surface area contributed by atoms with E-state index in [9.17, 15) is 9.90 Å². The van der Waals surface area contributed by atoms with Gasteiger partial charge in [0, 0.05) is 6.54 Å². The minimum atomic E-state index is -0.788. The molecule has 0 aliphatic carbocycles. The van der Waals surface area contributed by atoms with Gasteiger partial charge in [-0.15, -0.1) is 0 Å². The second kappa shape index (κ2) is 10.8. The first-order valence-electron chi connectivity index (χ1n) is 10.3. The Morgan fingerprint density at radius 1 is 1.17 bits per heavy atom. The fraction of sp³-hybridized carbons (Fsp3) is 0.391. The van der Waals surface area contributed by atoms with E-state index in [1.54, 1.807) is 0 Å². The molecule has 30 heavy (non-hydrogen) atoms. The van der Waals surface area contributed by atoms with Crippen molar-refractivity contribution in [3.63, 3.8) is 0 Å². The summed E-state index contributed by atoms with van der Waals surface area (Å²) in [6, 6.07) is 14.8. The summed E-state index contributed by atoms with van der Waals surface area (Å²) < 4.78 is 11.4. The molecular weight excluding hydrogens is 382 g/mol. The van der Waals surface area contributed by atoms with Crippen LogP contribution in [0.5, 0.6) is 5.75 Å². The summed E-state index contributed by atoms with van der Waals surface area (Å²) in [5.74, 6) is 0.628. The Labute approximate surface area is 176 Å². The summed E-state index contributed by atoms with van der Waals surface area (Å²) in [4.78, 5) is 18.0. The lowest BCUT2D eigenvalue weighted by molar-refractivity contribution is -0.143. The number of carboxylic acid groups (broad SMARTS) is 1. The van der Waals surface area contributed by atoms with E-state index in [1.807, 2.05) is 67.3 Å². The predicted molar refractivity (Wildman–Crippen MR) is 116 cm³/mol. The number of carboxylic acids is 1. The molecule has 3 rings (SSSR count). The highest BCUT2D eigenvalue weighted by Gasteiger charge is 2.23. The average Bonchev–Trinajstić information content (AvgIpc) is 3.17. The van der Waals surface area contributed by atoms with Crippen LogP contribution < -0.4 is 10.1 Å². The second-order valence-electron chi connectivity index (χ2n) is 7.02. The van der Waals surface area contributed by atoms with Gasteiger partial charge in [-0.05, 0) is 49.3 Å². The number of oxazole rings is 1. The summed E-state index contributed by atoms with van der Waals surface area (Å²) in [7, 11) is 0. The third-order valence-corrected chi connectivity index (χ3v) is 5.05. The Bertz CT molecular complexity index is 902. The molecule has 0 bridgehead atoms. The van der Waals surface area contributed by atoms with Gasteiger partial charge in [-0.2, -0.15) is 0 Å². The van der Waals surface area contributed by atoms with Crippen LogP contribution in [-0.4, -0.2) is 53.2 Å². The predicted octanol–water partition coefficient (Wildman–Crippen LogP) is 3.33. The minimum absolute atomic E-state index is 0.476. The van der Waals surface area contributed by atoms with Crippen LogP contribution >= 0.6 is 0 Å². The molecule has 0 fully saturated rings. The van der Waals surface area contributed by atoms with Crippen LogP contribution in [-0.2, 0) is 17.8 Å². The molecule has 0 saturated carbocycles. The van der Waals surface area contributed by atoms with E-state index in [-0.39, 0.29) is 0 Å². The van der Waals surface area contributed by atoms with Crippen molar-refractivity contribution in [2.24, 2.45) is 0 Å². The third-order valence-electron chi connectivity index (χ3n) is 5.05. The summed E-state index contributed by atoms with van der Waals surface area (Å²) in [6.07, 6.45) is 0.476. The van der Waals surface area contributed by atoms with Gasteiger partial charge in [-0.1, -0.05) is 38.1 Å². The average molecular weight is 412 g/mol. The van der Waals surface area contributed by atoms with Crippen molar-refractivity contribution < 1.29 is 19.1 Å². The van der Waals surface area contributed by atoms with E-state index < -0.39 is 12.0 Å². The van der Waals surface area contributed by atoms with Gasteiger partial charge in [0.1, 0.15) is 23.9 Å². The van der Waals surface area contributed by atoms with Crippen LogP contribution in [0.1, 0.15) is 25.3 Å². The Morgan fingerprint density at radius 3 is 2.57 bits per heavy atom. The topological polar surface area (TPSA) is 87.8 Å². The van der Waals surface area contributed by atoms with Gasteiger partial charge in [0.25, 0.3) is 0 Å². The van der Waals surface area contributed by atoms with Gasteiger partial charge >= 0.3 is 5.97 Å². The smallest absolute Gasteiger partial charge is 0.321 e. The van der Waals surface area contributed by atoms with Crippen LogP contribution in [0, 0.1) is 0 Å². The first-order chi connectivity index (χ1) is 14.6. The van der Waals surface area contributed by atoms with E-state index in [2.05, 4.69) is 10.3 Å². The number of aromatic nitrogens is 1. The lowest BCUT2D eigenvalue weighted by atomic mass is 10.0. The molecule has 1 aromatic heterocycles. The lowest BCUT2D eigenvalue weighted by Gasteiger charge is -2.26. The molecule has 0 aliphatic heterocycles. The molecule has 7 nitrogen and oxygen atoms in total. The Hall–Kier alpha value is -2.90. The largest absolute Gasteiger partial charge is 0.492 e. The summed E-state index contributed by atoms with van der Waals surface area (Å²) in [5, 5.41) is 12.8. The van der Waals surface area contributed by atoms with E-state index in [4.69, 9.17) is 9.15 Å². The molecule has 7 heteroatoms. The number of hydrogen-bond acceptors (Lipinski definition) is 6. The second-order valence-corrected chi connectivity index (χ2v) is 7.02. The Balaban J connectivity index is 1.42. The van der Waals surface area contributed by atoms with Crippen molar-refractivity contribution in [1.82, 2.24) is 15.2 Å². The molecule has 3 aromatic rings. The fourth-order valence-electron chi connectivity index (χ4n) is 3.41. The van der Waals surface area contributed by atoms with Crippen LogP contribution in [0.2, 0.25) is 0 Å². The highest BCUT2D eigenvalue weighted by molar-refractivity contribution is 5.74. The number of hydrogen-bond donors (Lipinski definition) is 2. The number of ether oxygens (including phenoxy) is 1. The van der Waals surface area contributed by atoms with Gasteiger partial charge in [-0.3, -0.25) is 9.69 Å². The van der Waals surface area contributed by atoms with E-state index >= 15 is 0 Å². The van der Waals surface area contributed by atoms with Crippen molar-refractivity contribution >= 4 is 17.1 Å². The maximum Gasteiger partial charge on any atom is 0.321 e. The minimum Gasteiger partial charge on any atom is -0.492 e. The zero-order valence-corrected chi connectivity index (χ0v) is 17.5. The molecule has 2 aromatic carbocycles. The lowest BCUT2D eigenvalue weighted by Crippen LogP contribution is -2.42. The summed E-state index contributed by atoms with van der Waals surface area (Å²) in [6.45, 7) is 7.10. The van der Waals surface area contributed by atoms with Gasteiger partial charge < -0.3 is 19.6 Å². The van der Waals surface area contributed by atoms with E-state index in [0.29, 0.717) is 45.1 Å². The van der Waals surface area contributed by atoms with Crippen molar-refractivity contribution in [2.75, 3.05) is 26.2 Å². The van der Waals surface area contributed by atoms with E-state index in [0.717, 1.165) is 22.4 Å². The number of likely N-dealkylation sites (N-methyl/N-ethyl adjacent to an activating group) is 1. The first-order valence-corrected chi connectivity index (χ1v) is 10.3. The van der Waals surface area contributed by atoms with Gasteiger partial charge in [-0.25, -0.2) is 4.98 Å². The van der Waals surface area contributed by atoms with Crippen LogP contribution in [0.4, 0.5) is 0 Å². The van der Waals surface area contributed by atoms with Gasteiger partial charge in [0.15, 0.2) is 5.58 Å². The number of carbonyl (C=O) groups is 1. The zero-order chi connectivity index (χ0) is 21.3.